The van der Waals surface area contributed by atoms with Gasteiger partial charge in [0.2, 0.25) is 0 Å². The summed E-state index contributed by atoms with van der Waals surface area (Å²) in [6.07, 6.45) is 2.09. The molecule has 0 aliphatic carbocycles. The minimum atomic E-state index is 0. The number of aromatic nitrogens is 1. The Labute approximate surface area is 182 Å². The van der Waals surface area contributed by atoms with E-state index in [1.165, 1.54) is 21.9 Å². The molecule has 0 fully saturated rings. The standard InChI is InChI=1S/C23H18N.B.Y/c1-17-14-19-10-6-7-11-20(19)15-22(17)23-16-21(12-13-24(23)2)18-8-4-3-5-9-18;;/h3-8,10-15H,1-2H3;;/q-1;;. The van der Waals surface area contributed by atoms with Crippen LogP contribution in [0.4, 0.5) is 0 Å². The predicted octanol–water partition coefficient (Wildman–Crippen LogP) is 4.52. The van der Waals surface area contributed by atoms with Gasteiger partial charge in [0, 0.05) is 41.1 Å². The molecule has 0 saturated heterocycles. The van der Waals surface area contributed by atoms with E-state index in [2.05, 4.69) is 85.4 Å². The molecule has 0 saturated carbocycles. The maximum atomic E-state index is 3.58. The van der Waals surface area contributed by atoms with Gasteiger partial charge in [-0.2, -0.15) is 24.3 Å². The van der Waals surface area contributed by atoms with Crippen LogP contribution in [0.1, 0.15) is 5.56 Å². The molecule has 0 atom stereocenters. The Morgan fingerprint density at radius 1 is 0.846 bits per heavy atom. The van der Waals surface area contributed by atoms with Crippen LogP contribution in [0.15, 0.2) is 72.9 Å². The summed E-state index contributed by atoms with van der Waals surface area (Å²) < 4.78 is 2.13. The maximum absolute atomic E-state index is 3.58. The molecule has 26 heavy (non-hydrogen) atoms. The van der Waals surface area contributed by atoms with Crippen molar-refractivity contribution in [3.8, 4) is 22.4 Å². The number of rotatable bonds is 2. The summed E-state index contributed by atoms with van der Waals surface area (Å²) >= 11 is 0. The van der Waals surface area contributed by atoms with E-state index in [1.54, 1.807) is 0 Å². The summed E-state index contributed by atoms with van der Waals surface area (Å²) in [5.41, 5.74) is 5.70. The van der Waals surface area contributed by atoms with Crippen molar-refractivity contribution in [2.24, 2.45) is 7.05 Å². The zero-order valence-corrected chi connectivity index (χ0v) is 17.9. The van der Waals surface area contributed by atoms with E-state index in [1.807, 2.05) is 18.2 Å². The van der Waals surface area contributed by atoms with E-state index >= 15 is 0 Å². The first-order chi connectivity index (χ1) is 11.7. The Morgan fingerprint density at radius 2 is 1.54 bits per heavy atom. The fraction of sp³-hybridized carbons (Fsp3) is 0.0870. The first kappa shape index (κ1) is 20.5. The van der Waals surface area contributed by atoms with Crippen LogP contribution in [0.25, 0.3) is 33.2 Å². The molecule has 3 aromatic carbocycles. The number of hydrogen-bond acceptors (Lipinski definition) is 0. The molecule has 1 nitrogen and oxygen atoms in total. The molecular formula is C23H18BNY-. The Balaban J connectivity index is 0.00000121. The molecule has 0 bridgehead atoms. The van der Waals surface area contributed by atoms with Gasteiger partial charge in [0.1, 0.15) is 18.9 Å². The van der Waals surface area contributed by atoms with Crippen molar-refractivity contribution in [3.63, 3.8) is 0 Å². The normalized spacial score (nSPS) is 10.1. The van der Waals surface area contributed by atoms with Gasteiger partial charge in [-0.15, -0.1) is 18.2 Å². The van der Waals surface area contributed by atoms with Gasteiger partial charge in [-0.25, -0.2) is 15.7 Å². The van der Waals surface area contributed by atoms with Gasteiger partial charge in [-0.3, -0.25) is 0 Å². The molecule has 4 radical (unpaired) electrons. The molecular weight excluding hydrogens is 390 g/mol. The minimum absolute atomic E-state index is 0. The van der Waals surface area contributed by atoms with Crippen LogP contribution in [-0.4, -0.2) is 8.41 Å². The number of hydrogen-bond donors (Lipinski definition) is 0. The fourth-order valence-electron chi connectivity index (χ4n) is 3.10. The molecule has 0 unspecified atom stereocenters. The van der Waals surface area contributed by atoms with Crippen molar-refractivity contribution < 1.29 is 37.3 Å². The van der Waals surface area contributed by atoms with Gasteiger partial charge in [-0.05, 0) is 23.3 Å². The monoisotopic (exact) mass is 408 g/mol. The average molecular weight is 408 g/mol. The number of aryl methyl sites for hydroxylation is 2. The molecule has 122 valence electrons. The number of pyridine rings is 1. The first-order valence-corrected chi connectivity index (χ1v) is 8.11. The van der Waals surface area contributed by atoms with Crippen LogP contribution in [-0.2, 0) is 39.8 Å². The van der Waals surface area contributed by atoms with Gasteiger partial charge in [0.25, 0.3) is 0 Å². The van der Waals surface area contributed by atoms with Crippen LogP contribution in [0, 0.1) is 19.1 Å². The van der Waals surface area contributed by atoms with Crippen molar-refractivity contribution in [2.75, 3.05) is 0 Å². The fourth-order valence-corrected chi connectivity index (χ4v) is 3.10. The zero-order valence-electron chi connectivity index (χ0n) is 15.0. The molecule has 0 spiro atoms. The van der Waals surface area contributed by atoms with Gasteiger partial charge in [-0.1, -0.05) is 42.0 Å². The molecule has 4 rings (SSSR count). The molecule has 4 aromatic rings. The smallest absolute Gasteiger partial charge is 0.136 e. The van der Waals surface area contributed by atoms with Crippen molar-refractivity contribution in [1.82, 2.24) is 0 Å². The molecule has 1 aromatic heterocycles. The first-order valence-electron chi connectivity index (χ1n) is 8.11. The van der Waals surface area contributed by atoms with Crippen LogP contribution in [0.2, 0.25) is 0 Å². The predicted molar refractivity (Wildman–Crippen MR) is 104 cm³/mol. The van der Waals surface area contributed by atoms with Gasteiger partial charge < -0.3 is 0 Å². The van der Waals surface area contributed by atoms with Crippen LogP contribution in [0.5, 0.6) is 0 Å². The Kier molecular flexibility index (Phi) is 6.92. The average Bonchev–Trinajstić information content (AvgIpc) is 2.62. The second-order valence-corrected chi connectivity index (χ2v) is 6.10. The van der Waals surface area contributed by atoms with Crippen molar-refractivity contribution in [3.05, 3.63) is 90.6 Å². The summed E-state index contributed by atoms with van der Waals surface area (Å²) in [4.78, 5) is 0. The third-order valence-corrected chi connectivity index (χ3v) is 4.42. The third-order valence-electron chi connectivity index (χ3n) is 4.42. The third kappa shape index (κ3) is 3.97. The Morgan fingerprint density at radius 3 is 2.23 bits per heavy atom. The van der Waals surface area contributed by atoms with E-state index in [0.717, 1.165) is 16.8 Å². The number of benzene rings is 3. The summed E-state index contributed by atoms with van der Waals surface area (Å²) in [7, 11) is 2.07. The summed E-state index contributed by atoms with van der Waals surface area (Å²) in [6, 6.07) is 30.0. The van der Waals surface area contributed by atoms with Gasteiger partial charge in [0.15, 0.2) is 0 Å². The molecule has 0 aliphatic rings. The SMILES string of the molecule is Cc1cc2ccccc2cc1-c1[c-]c(-c2[c-]cccc2)cc[n+]1C.[B].[Y]. The number of fused-ring (bicyclic) bond motifs is 1. The second kappa shape index (κ2) is 8.75. The van der Waals surface area contributed by atoms with E-state index < -0.39 is 0 Å². The van der Waals surface area contributed by atoms with E-state index in [4.69, 9.17) is 0 Å². The minimum Gasteiger partial charge on any atom is -0.227 e. The van der Waals surface area contributed by atoms with Gasteiger partial charge in [0.05, 0.1) is 0 Å². The van der Waals surface area contributed by atoms with Crippen molar-refractivity contribution >= 4 is 19.2 Å². The zero-order chi connectivity index (χ0) is 16.5. The van der Waals surface area contributed by atoms with Crippen molar-refractivity contribution in [2.45, 2.75) is 6.92 Å². The molecule has 0 N–H and O–H groups in total. The van der Waals surface area contributed by atoms with E-state index in [9.17, 15) is 0 Å². The summed E-state index contributed by atoms with van der Waals surface area (Å²) in [5.74, 6) is 0. The summed E-state index contributed by atoms with van der Waals surface area (Å²) in [5, 5.41) is 2.53. The number of nitrogens with zero attached hydrogens (tertiary/aromatic N) is 1. The van der Waals surface area contributed by atoms with Crippen molar-refractivity contribution in [1.29, 1.82) is 0 Å². The Hall–Kier alpha value is -1.76. The molecule has 1 heterocycles. The Bertz CT molecular complexity index is 1030. The molecule has 0 aliphatic heterocycles. The quantitative estimate of drug-likeness (QED) is 0.261. The molecule has 0 amide bonds. The van der Waals surface area contributed by atoms with Crippen LogP contribution < -0.4 is 4.57 Å². The summed E-state index contributed by atoms with van der Waals surface area (Å²) in [6.45, 7) is 2.16. The topological polar surface area (TPSA) is 3.88 Å². The molecule has 3 heteroatoms. The van der Waals surface area contributed by atoms with Crippen LogP contribution in [0.3, 0.4) is 0 Å². The second-order valence-electron chi connectivity index (χ2n) is 6.10. The van der Waals surface area contributed by atoms with E-state index in [-0.39, 0.29) is 41.1 Å². The van der Waals surface area contributed by atoms with E-state index in [0.29, 0.717) is 0 Å². The van der Waals surface area contributed by atoms with Crippen LogP contribution >= 0.6 is 0 Å². The maximum Gasteiger partial charge on any atom is 0.136 e. The largest absolute Gasteiger partial charge is 0.227 e. The van der Waals surface area contributed by atoms with Gasteiger partial charge >= 0.3 is 0 Å².